The van der Waals surface area contributed by atoms with E-state index in [0.29, 0.717) is 18.7 Å². The normalized spacial score (nSPS) is 10.8. The summed E-state index contributed by atoms with van der Waals surface area (Å²) in [7, 11) is 0. The Labute approximate surface area is 166 Å². The predicted octanol–water partition coefficient (Wildman–Crippen LogP) is 3.84. The average Bonchev–Trinajstić information content (AvgIpc) is 2.71. The third kappa shape index (κ3) is 7.23. The first kappa shape index (κ1) is 21.3. The van der Waals surface area contributed by atoms with Crippen LogP contribution in [0.1, 0.15) is 36.7 Å². The molecule has 0 aliphatic carbocycles. The lowest BCUT2D eigenvalue weighted by atomic mass is 10.2. The van der Waals surface area contributed by atoms with Crippen LogP contribution in [-0.4, -0.2) is 47.8 Å². The molecule has 1 amide bonds. The molecule has 0 unspecified atom stereocenters. The number of nitrogens with zero attached hydrogens (tertiary/aromatic N) is 2. The van der Waals surface area contributed by atoms with E-state index < -0.39 is 0 Å². The molecule has 1 N–H and O–H groups in total. The molecule has 0 spiro atoms. The summed E-state index contributed by atoms with van der Waals surface area (Å²) in [6.07, 6.45) is 1.65. The minimum absolute atomic E-state index is 0.115. The highest BCUT2D eigenvalue weighted by Crippen LogP contribution is 2.16. The van der Waals surface area contributed by atoms with Crippen LogP contribution in [0.4, 0.5) is 0 Å². The Morgan fingerprint density at radius 3 is 2.44 bits per heavy atom. The summed E-state index contributed by atoms with van der Waals surface area (Å²) in [5.74, 6) is 1.72. The Balaban J connectivity index is 1.79. The maximum atomic E-state index is 12.3. The predicted molar refractivity (Wildman–Crippen MR) is 112 cm³/mol. The minimum atomic E-state index is -0.115. The van der Waals surface area contributed by atoms with E-state index in [-0.39, 0.29) is 5.91 Å². The van der Waals surface area contributed by atoms with E-state index in [1.807, 2.05) is 43.3 Å². The van der Waals surface area contributed by atoms with Crippen molar-refractivity contribution in [3.8, 4) is 5.75 Å². The number of hydrogen-bond donors (Lipinski definition) is 1. The van der Waals surface area contributed by atoms with Gasteiger partial charge in [-0.15, -0.1) is 11.8 Å². The van der Waals surface area contributed by atoms with Crippen LogP contribution in [0.25, 0.3) is 0 Å². The van der Waals surface area contributed by atoms with Gasteiger partial charge in [-0.05, 0) is 49.8 Å². The molecular weight excluding hydrogens is 358 g/mol. The molecule has 0 atom stereocenters. The molecule has 2 rings (SSSR count). The van der Waals surface area contributed by atoms with Crippen LogP contribution in [0.15, 0.2) is 47.6 Å². The fourth-order valence-corrected chi connectivity index (χ4v) is 3.42. The second-order valence-corrected chi connectivity index (χ2v) is 7.14. The van der Waals surface area contributed by atoms with Crippen molar-refractivity contribution in [1.82, 2.24) is 15.2 Å². The zero-order chi connectivity index (χ0) is 19.5. The lowest BCUT2D eigenvalue weighted by Crippen LogP contribution is -2.25. The molecule has 1 aromatic heterocycles. The van der Waals surface area contributed by atoms with Gasteiger partial charge < -0.3 is 15.0 Å². The minimum Gasteiger partial charge on any atom is -0.494 e. The Bertz CT molecular complexity index is 686. The van der Waals surface area contributed by atoms with Crippen molar-refractivity contribution >= 4 is 17.7 Å². The summed E-state index contributed by atoms with van der Waals surface area (Å²) >= 11 is 1.72. The van der Waals surface area contributed by atoms with E-state index in [1.54, 1.807) is 18.0 Å². The molecule has 0 aliphatic heterocycles. The second kappa shape index (κ2) is 11.6. The van der Waals surface area contributed by atoms with Crippen LogP contribution in [0, 0.1) is 0 Å². The van der Waals surface area contributed by atoms with Gasteiger partial charge in [0.1, 0.15) is 5.75 Å². The summed E-state index contributed by atoms with van der Waals surface area (Å²) < 4.78 is 5.42. The van der Waals surface area contributed by atoms with Crippen molar-refractivity contribution < 1.29 is 9.53 Å². The number of carbonyl (C=O) groups excluding carboxylic acids is 1. The van der Waals surface area contributed by atoms with Crippen LogP contribution in [0.3, 0.4) is 0 Å². The van der Waals surface area contributed by atoms with Gasteiger partial charge in [0.25, 0.3) is 5.91 Å². The maximum absolute atomic E-state index is 12.3. The van der Waals surface area contributed by atoms with Crippen molar-refractivity contribution in [2.24, 2.45) is 0 Å². The van der Waals surface area contributed by atoms with Gasteiger partial charge in [-0.1, -0.05) is 26.0 Å². The number of pyridine rings is 1. The number of hydrogen-bond acceptors (Lipinski definition) is 5. The van der Waals surface area contributed by atoms with Crippen molar-refractivity contribution in [3.63, 3.8) is 0 Å². The van der Waals surface area contributed by atoms with Crippen LogP contribution < -0.4 is 10.1 Å². The van der Waals surface area contributed by atoms with Gasteiger partial charge in [-0.25, -0.2) is 4.98 Å². The lowest BCUT2D eigenvalue weighted by Gasteiger charge is -2.17. The van der Waals surface area contributed by atoms with E-state index in [4.69, 9.17) is 4.74 Å². The summed E-state index contributed by atoms with van der Waals surface area (Å²) in [5.41, 5.74) is 1.61. The van der Waals surface area contributed by atoms with Crippen LogP contribution in [0.5, 0.6) is 5.75 Å². The Kier molecular flexibility index (Phi) is 9.15. The fraction of sp³-hybridized carbons (Fsp3) is 0.429. The molecule has 2 aromatic rings. The Morgan fingerprint density at radius 1 is 1.11 bits per heavy atom. The molecule has 0 fully saturated rings. The van der Waals surface area contributed by atoms with Crippen molar-refractivity contribution in [3.05, 3.63) is 53.7 Å². The summed E-state index contributed by atoms with van der Waals surface area (Å²) in [6, 6.07) is 11.5. The lowest BCUT2D eigenvalue weighted by molar-refractivity contribution is 0.0950. The number of nitrogens with one attached hydrogen (secondary N) is 1. The molecule has 1 aromatic carbocycles. The number of benzene rings is 1. The van der Waals surface area contributed by atoms with E-state index in [1.165, 1.54) is 0 Å². The molecule has 0 bridgehead atoms. The first-order valence-electron chi connectivity index (χ1n) is 9.47. The first-order valence-corrected chi connectivity index (χ1v) is 10.5. The Hall–Kier alpha value is -2.05. The number of amides is 1. The van der Waals surface area contributed by atoms with Gasteiger partial charge in [0.05, 0.1) is 17.2 Å². The highest BCUT2D eigenvalue weighted by Gasteiger charge is 2.07. The molecule has 0 saturated carbocycles. The van der Waals surface area contributed by atoms with Crippen molar-refractivity contribution in [2.45, 2.75) is 32.3 Å². The number of carbonyl (C=O) groups is 1. The molecule has 6 heteroatoms. The smallest absolute Gasteiger partial charge is 0.253 e. The van der Waals surface area contributed by atoms with Crippen molar-refractivity contribution in [2.75, 3.05) is 32.0 Å². The molecule has 0 radical (unpaired) electrons. The highest BCUT2D eigenvalue weighted by atomic mass is 32.2. The largest absolute Gasteiger partial charge is 0.494 e. The molecule has 0 saturated heterocycles. The highest BCUT2D eigenvalue weighted by molar-refractivity contribution is 7.99. The van der Waals surface area contributed by atoms with Crippen LogP contribution in [-0.2, 0) is 6.54 Å². The van der Waals surface area contributed by atoms with Gasteiger partial charge in [-0.2, -0.15) is 0 Å². The van der Waals surface area contributed by atoms with Crippen LogP contribution in [0.2, 0.25) is 0 Å². The molecule has 27 heavy (non-hydrogen) atoms. The molecule has 146 valence electrons. The molecular formula is C21H29N3O2S. The van der Waals surface area contributed by atoms with Crippen LogP contribution >= 0.6 is 11.8 Å². The SMILES string of the molecule is CCOc1ccc(CNC(=O)c2ccc(SCCN(CC)CC)nc2)cc1. The topological polar surface area (TPSA) is 54.5 Å². The number of ether oxygens (including phenoxy) is 1. The third-order valence-corrected chi connectivity index (χ3v) is 5.16. The van der Waals surface area contributed by atoms with Gasteiger partial charge in [-0.3, -0.25) is 4.79 Å². The molecule has 5 nitrogen and oxygen atoms in total. The molecule has 0 aliphatic rings. The summed E-state index contributed by atoms with van der Waals surface area (Å²) in [6.45, 7) is 10.6. The number of rotatable bonds is 11. The van der Waals surface area contributed by atoms with Crippen molar-refractivity contribution in [1.29, 1.82) is 0 Å². The fourth-order valence-electron chi connectivity index (χ4n) is 2.57. The molecule has 1 heterocycles. The van der Waals surface area contributed by atoms with E-state index in [2.05, 4.69) is 29.0 Å². The number of thioether (sulfide) groups is 1. The van der Waals surface area contributed by atoms with Gasteiger partial charge in [0.15, 0.2) is 0 Å². The van der Waals surface area contributed by atoms with Gasteiger partial charge in [0, 0.05) is 25.0 Å². The standard InChI is InChI=1S/C21H29N3O2S/c1-4-24(5-2)13-14-27-20-12-9-18(16-22-20)21(25)23-15-17-7-10-19(11-8-17)26-6-3/h7-12,16H,4-6,13-15H2,1-3H3,(H,23,25). The zero-order valence-corrected chi connectivity index (χ0v) is 17.2. The van der Waals surface area contributed by atoms with Gasteiger partial charge in [0.2, 0.25) is 0 Å². The van der Waals surface area contributed by atoms with E-state index >= 15 is 0 Å². The number of aromatic nitrogens is 1. The quantitative estimate of drug-likeness (QED) is 0.594. The summed E-state index contributed by atoms with van der Waals surface area (Å²) in [4.78, 5) is 19.1. The first-order chi connectivity index (χ1) is 13.2. The van der Waals surface area contributed by atoms with Gasteiger partial charge >= 0.3 is 0 Å². The third-order valence-electron chi connectivity index (χ3n) is 4.24. The average molecular weight is 388 g/mol. The van der Waals surface area contributed by atoms with E-state index in [9.17, 15) is 4.79 Å². The Morgan fingerprint density at radius 2 is 1.85 bits per heavy atom. The zero-order valence-electron chi connectivity index (χ0n) is 16.4. The monoisotopic (exact) mass is 387 g/mol. The second-order valence-electron chi connectivity index (χ2n) is 6.02. The maximum Gasteiger partial charge on any atom is 0.253 e. The summed E-state index contributed by atoms with van der Waals surface area (Å²) in [5, 5.41) is 3.88. The van der Waals surface area contributed by atoms with E-state index in [0.717, 1.165) is 41.7 Å².